The van der Waals surface area contributed by atoms with E-state index in [9.17, 15) is 9.59 Å². The quantitative estimate of drug-likeness (QED) is 0.138. The van der Waals surface area contributed by atoms with E-state index >= 15 is 0 Å². The van der Waals surface area contributed by atoms with Crippen LogP contribution in [0.4, 0.5) is 4.79 Å². The normalized spacial score (nSPS) is 20.4. The molecule has 2 unspecified atom stereocenters. The van der Waals surface area contributed by atoms with Gasteiger partial charge in [-0.25, -0.2) is 4.79 Å². The fourth-order valence-electron chi connectivity index (χ4n) is 8.54. The van der Waals surface area contributed by atoms with Gasteiger partial charge in [-0.15, -0.1) is 0 Å². The predicted molar refractivity (Wildman–Crippen MR) is 219 cm³/mol. The van der Waals surface area contributed by atoms with E-state index in [0.29, 0.717) is 12.0 Å². The highest BCUT2D eigenvalue weighted by Crippen LogP contribution is 2.28. The Hall–Kier alpha value is -3.34. The third kappa shape index (κ3) is 14.9. The molecule has 10 heteroatoms. The summed E-state index contributed by atoms with van der Waals surface area (Å²) in [5, 5.41) is 18.9. The number of ether oxygens (including phenoxy) is 3. The number of carbonyl (C=O) groups is 2. The maximum Gasteiger partial charge on any atom is 0.410 e. The number of carboxylic acids is 1. The molecular formula is C45H70N4O6. The van der Waals surface area contributed by atoms with Crippen molar-refractivity contribution in [3.05, 3.63) is 58.7 Å². The highest BCUT2D eigenvalue weighted by atomic mass is 16.6. The number of benzene rings is 2. The maximum atomic E-state index is 12.2. The Morgan fingerprint density at radius 2 is 1.29 bits per heavy atom. The molecule has 2 atom stereocenters. The van der Waals surface area contributed by atoms with Crippen LogP contribution in [0, 0.1) is 11.8 Å². The van der Waals surface area contributed by atoms with Crippen LogP contribution in [0.3, 0.4) is 0 Å². The molecule has 2 heterocycles. The summed E-state index contributed by atoms with van der Waals surface area (Å²) in [6.45, 7) is 14.5. The zero-order valence-corrected chi connectivity index (χ0v) is 34.3. The van der Waals surface area contributed by atoms with Gasteiger partial charge in [-0.2, -0.15) is 0 Å². The van der Waals surface area contributed by atoms with Crippen molar-refractivity contribution in [2.75, 3.05) is 52.5 Å². The number of amides is 1. The number of fused-ring (bicyclic) bond motifs is 2. The lowest BCUT2D eigenvalue weighted by atomic mass is 9.88. The Bertz CT molecular complexity index is 1480. The van der Waals surface area contributed by atoms with E-state index in [1.807, 2.05) is 25.7 Å². The van der Waals surface area contributed by atoms with Crippen LogP contribution in [0.1, 0.15) is 114 Å². The maximum absolute atomic E-state index is 12.2. The van der Waals surface area contributed by atoms with Gasteiger partial charge in [0.05, 0.1) is 19.8 Å². The first-order valence-corrected chi connectivity index (χ1v) is 21.4. The minimum Gasteiger partial charge on any atom is -0.494 e. The lowest BCUT2D eigenvalue weighted by Gasteiger charge is -2.33. The first kappa shape index (κ1) is 42.8. The van der Waals surface area contributed by atoms with Crippen LogP contribution in [0.25, 0.3) is 0 Å². The third-order valence-corrected chi connectivity index (χ3v) is 11.6. The molecule has 2 aromatic rings. The second-order valence-electron chi connectivity index (χ2n) is 17.2. The molecule has 0 spiro atoms. The minimum atomic E-state index is -0.793. The van der Waals surface area contributed by atoms with E-state index in [1.54, 1.807) is 0 Å². The van der Waals surface area contributed by atoms with Gasteiger partial charge < -0.3 is 40.2 Å². The van der Waals surface area contributed by atoms with Gasteiger partial charge in [0.2, 0.25) is 0 Å². The number of nitrogens with zero attached hydrogens (tertiary/aromatic N) is 1. The van der Waals surface area contributed by atoms with E-state index in [-0.39, 0.29) is 18.7 Å². The Morgan fingerprint density at radius 3 is 1.80 bits per heavy atom. The van der Waals surface area contributed by atoms with Crippen molar-refractivity contribution in [1.82, 2.24) is 20.9 Å². The molecule has 4 N–H and O–H groups in total. The molecule has 55 heavy (non-hydrogen) atoms. The van der Waals surface area contributed by atoms with Gasteiger partial charge in [-0.3, -0.25) is 4.79 Å². The van der Waals surface area contributed by atoms with Gasteiger partial charge in [0.25, 0.3) is 0 Å². The third-order valence-electron chi connectivity index (χ3n) is 11.6. The first-order chi connectivity index (χ1) is 26.5. The van der Waals surface area contributed by atoms with E-state index in [2.05, 4.69) is 59.3 Å². The van der Waals surface area contributed by atoms with Crippen LogP contribution in [0.5, 0.6) is 11.5 Å². The molecule has 306 valence electrons. The molecule has 2 aliphatic heterocycles. The lowest BCUT2D eigenvalue weighted by molar-refractivity contribution is -0.136. The topological polar surface area (TPSA) is 121 Å². The number of carboxylic acid groups (broad SMARTS) is 1. The highest BCUT2D eigenvalue weighted by Gasteiger charge is 2.27. The van der Waals surface area contributed by atoms with Crippen molar-refractivity contribution < 1.29 is 28.9 Å². The zero-order valence-electron chi connectivity index (χ0n) is 34.3. The molecule has 0 radical (unpaired) electrons. The van der Waals surface area contributed by atoms with Crippen LogP contribution in [-0.4, -0.2) is 92.2 Å². The molecular weight excluding hydrogens is 693 g/mol. The van der Waals surface area contributed by atoms with Crippen LogP contribution in [0.15, 0.2) is 36.4 Å². The second-order valence-corrected chi connectivity index (χ2v) is 17.2. The average molecular weight is 763 g/mol. The fraction of sp³-hybridized carbons (Fsp3) is 0.689. The predicted octanol–water partition coefficient (Wildman–Crippen LogP) is 7.34. The zero-order chi connectivity index (χ0) is 39.0. The van der Waals surface area contributed by atoms with Crippen LogP contribution < -0.4 is 25.4 Å². The van der Waals surface area contributed by atoms with E-state index in [1.165, 1.54) is 61.0 Å². The number of likely N-dealkylation sites (tertiary alicyclic amines) is 1. The average Bonchev–Trinajstić information content (AvgIpc) is 3.17. The SMILES string of the molecule is CCNC1CCc2cc(OCCCC3CCN(C(=O)OC(C)(C)C)CC3)ccc2C1.O=C(O)CNC1CCc2cc(OCCCC3CCNCC3)ccc2C1. The molecule has 2 aliphatic carbocycles. The smallest absolute Gasteiger partial charge is 0.410 e. The summed E-state index contributed by atoms with van der Waals surface area (Å²) in [7, 11) is 0. The Labute approximate surface area is 330 Å². The minimum absolute atomic E-state index is 0.0399. The number of aryl methyl sites for hydroxylation is 2. The number of aliphatic carboxylic acids is 1. The van der Waals surface area contributed by atoms with Gasteiger partial charge in [-0.1, -0.05) is 19.1 Å². The van der Waals surface area contributed by atoms with Crippen molar-refractivity contribution >= 4 is 12.1 Å². The number of piperidine rings is 2. The molecule has 0 saturated carbocycles. The molecule has 10 nitrogen and oxygen atoms in total. The van der Waals surface area contributed by atoms with E-state index in [4.69, 9.17) is 19.3 Å². The Morgan fingerprint density at radius 1 is 0.764 bits per heavy atom. The second kappa shape index (κ2) is 21.8. The molecule has 0 bridgehead atoms. The van der Waals surface area contributed by atoms with Crippen molar-refractivity contribution in [1.29, 1.82) is 0 Å². The fourth-order valence-corrected chi connectivity index (χ4v) is 8.54. The van der Waals surface area contributed by atoms with Crippen molar-refractivity contribution in [2.45, 2.75) is 135 Å². The van der Waals surface area contributed by atoms with Crippen LogP contribution >= 0.6 is 0 Å². The molecule has 0 aromatic heterocycles. The Kier molecular flexibility index (Phi) is 17.0. The molecule has 4 aliphatic rings. The summed E-state index contributed by atoms with van der Waals surface area (Å²) < 4.78 is 17.5. The number of likely N-dealkylation sites (N-methyl/N-ethyl adjacent to an activating group) is 1. The number of carbonyl (C=O) groups excluding carboxylic acids is 1. The first-order valence-electron chi connectivity index (χ1n) is 21.4. The molecule has 2 aromatic carbocycles. The number of hydrogen-bond donors (Lipinski definition) is 4. The number of nitrogens with one attached hydrogen (secondary N) is 3. The molecule has 2 saturated heterocycles. The summed E-state index contributed by atoms with van der Waals surface area (Å²) >= 11 is 0. The van der Waals surface area contributed by atoms with Crippen molar-refractivity contribution in [3.63, 3.8) is 0 Å². The molecule has 1 amide bonds. The van der Waals surface area contributed by atoms with Crippen LogP contribution in [-0.2, 0) is 35.2 Å². The summed E-state index contributed by atoms with van der Waals surface area (Å²) in [4.78, 5) is 24.7. The van der Waals surface area contributed by atoms with Gasteiger partial charge in [0.15, 0.2) is 0 Å². The van der Waals surface area contributed by atoms with Crippen molar-refractivity contribution in [3.8, 4) is 11.5 Å². The molecule has 6 rings (SSSR count). The standard InChI is InChI=1S/C25H40N2O3.C20H30N2O3/c1-5-26-22-10-8-21-18-23(11-9-20(21)17-22)29-16-6-7-19-12-14-27(15-13-19)24(28)30-25(2,3)4;23-20(24)14-22-18-5-3-17-13-19(6-4-16(17)12-18)25-11-1-2-15-7-9-21-10-8-15/h9,11,18-19,22,26H,5-8,10,12-17H2,1-4H3;4,6,13,15,18,21-22H,1-3,5,7-12,14H2,(H,23,24). The van der Waals surface area contributed by atoms with Gasteiger partial charge in [0.1, 0.15) is 17.1 Å². The summed E-state index contributed by atoms with van der Waals surface area (Å²) in [6.07, 6.45) is 15.5. The van der Waals surface area contributed by atoms with E-state index in [0.717, 1.165) is 114 Å². The summed E-state index contributed by atoms with van der Waals surface area (Å²) in [5.74, 6) is 2.73. The highest BCUT2D eigenvalue weighted by molar-refractivity contribution is 5.69. The Balaban J connectivity index is 0.000000214. The monoisotopic (exact) mass is 763 g/mol. The largest absolute Gasteiger partial charge is 0.494 e. The van der Waals surface area contributed by atoms with Gasteiger partial charge in [-0.05, 0) is 189 Å². The summed E-state index contributed by atoms with van der Waals surface area (Å²) in [5.41, 5.74) is 5.17. The van der Waals surface area contributed by atoms with Gasteiger partial charge in [0, 0.05) is 25.2 Å². The summed E-state index contributed by atoms with van der Waals surface area (Å²) in [6, 6.07) is 13.9. The van der Waals surface area contributed by atoms with Crippen molar-refractivity contribution in [2.24, 2.45) is 11.8 Å². The molecule has 2 fully saturated rings. The van der Waals surface area contributed by atoms with Crippen LogP contribution in [0.2, 0.25) is 0 Å². The lowest BCUT2D eigenvalue weighted by Crippen LogP contribution is -2.41. The number of rotatable bonds is 15. The van der Waals surface area contributed by atoms with E-state index < -0.39 is 11.6 Å². The van der Waals surface area contributed by atoms with Gasteiger partial charge >= 0.3 is 12.1 Å². The number of hydrogen-bond acceptors (Lipinski definition) is 8.